The van der Waals surface area contributed by atoms with Crippen LogP contribution in [-0.2, 0) is 24.2 Å². The lowest BCUT2D eigenvalue weighted by molar-refractivity contribution is -0.121. The summed E-state index contributed by atoms with van der Waals surface area (Å²) < 4.78 is 1.34. The fourth-order valence-corrected chi connectivity index (χ4v) is 4.97. The molecule has 4 rings (SSSR count). The second kappa shape index (κ2) is 7.85. The van der Waals surface area contributed by atoms with E-state index in [1.165, 1.54) is 22.0 Å². The van der Waals surface area contributed by atoms with E-state index in [9.17, 15) is 9.59 Å². The van der Waals surface area contributed by atoms with Gasteiger partial charge in [0.25, 0.3) is 11.5 Å². The van der Waals surface area contributed by atoms with E-state index in [4.69, 9.17) is 11.6 Å². The molecule has 1 aromatic carbocycles. The van der Waals surface area contributed by atoms with Crippen LogP contribution in [0, 0.1) is 5.92 Å². The number of hydrogen-bond acceptors (Lipinski definition) is 5. The highest BCUT2D eigenvalue weighted by atomic mass is 35.5. The maximum Gasteiger partial charge on any atom is 0.262 e. The standard InChI is InChI=1S/C20H19ClN4O2S/c1-12-5-6-15-16(7-12)28-19-18(15)20(27)25(11-22-19)10-17(26)24-23-9-13-3-2-4-14(21)8-13/h2-4,8-9,11-12H,5-7,10H2,1H3,(H,24,26)/t12-/m0/s1. The van der Waals surface area contributed by atoms with E-state index in [1.54, 1.807) is 29.5 Å². The van der Waals surface area contributed by atoms with Crippen LogP contribution >= 0.6 is 22.9 Å². The summed E-state index contributed by atoms with van der Waals surface area (Å²) in [4.78, 5) is 31.5. The molecule has 0 aliphatic heterocycles. The molecule has 6 nitrogen and oxygen atoms in total. The minimum Gasteiger partial charge on any atom is -0.289 e. The quantitative estimate of drug-likeness (QED) is 0.525. The van der Waals surface area contributed by atoms with E-state index in [1.807, 2.05) is 6.07 Å². The molecule has 1 amide bonds. The summed E-state index contributed by atoms with van der Waals surface area (Å²) in [5.41, 5.74) is 4.16. The molecule has 0 unspecified atom stereocenters. The molecule has 0 saturated carbocycles. The topological polar surface area (TPSA) is 76.3 Å². The monoisotopic (exact) mass is 414 g/mol. The van der Waals surface area contributed by atoms with Crippen LogP contribution in [0.3, 0.4) is 0 Å². The zero-order valence-electron chi connectivity index (χ0n) is 15.3. The predicted octanol–water partition coefficient (Wildman–Crippen LogP) is 3.39. The van der Waals surface area contributed by atoms with Gasteiger partial charge in [0.05, 0.1) is 17.9 Å². The van der Waals surface area contributed by atoms with Crippen LogP contribution in [0.2, 0.25) is 5.02 Å². The first kappa shape index (κ1) is 18.8. The van der Waals surface area contributed by atoms with Crippen molar-refractivity contribution >= 4 is 45.3 Å². The zero-order chi connectivity index (χ0) is 19.7. The Kier molecular flexibility index (Phi) is 5.28. The van der Waals surface area contributed by atoms with Crippen LogP contribution in [0.5, 0.6) is 0 Å². The number of aryl methyl sites for hydroxylation is 1. The van der Waals surface area contributed by atoms with Crippen LogP contribution in [0.4, 0.5) is 0 Å². The van der Waals surface area contributed by atoms with Crippen molar-refractivity contribution in [2.75, 3.05) is 0 Å². The van der Waals surface area contributed by atoms with Gasteiger partial charge in [-0.1, -0.05) is 30.7 Å². The highest BCUT2D eigenvalue weighted by Gasteiger charge is 2.23. The molecule has 28 heavy (non-hydrogen) atoms. The molecule has 2 aromatic heterocycles. The van der Waals surface area contributed by atoms with Crippen molar-refractivity contribution in [3.05, 3.63) is 62.0 Å². The molecule has 0 saturated heterocycles. The van der Waals surface area contributed by atoms with Crippen molar-refractivity contribution in [3.63, 3.8) is 0 Å². The Hall–Kier alpha value is -2.51. The molecule has 0 spiro atoms. The van der Waals surface area contributed by atoms with E-state index >= 15 is 0 Å². The summed E-state index contributed by atoms with van der Waals surface area (Å²) in [6.45, 7) is 2.10. The minimum absolute atomic E-state index is 0.129. The third-order valence-electron chi connectivity index (χ3n) is 4.85. The highest BCUT2D eigenvalue weighted by Crippen LogP contribution is 2.35. The number of carbonyl (C=O) groups is 1. The first-order valence-corrected chi connectivity index (χ1v) is 10.3. The number of nitrogens with one attached hydrogen (secondary N) is 1. The van der Waals surface area contributed by atoms with Crippen molar-refractivity contribution in [3.8, 4) is 0 Å². The van der Waals surface area contributed by atoms with Crippen molar-refractivity contribution < 1.29 is 4.79 Å². The molecule has 1 aliphatic rings. The van der Waals surface area contributed by atoms with Crippen molar-refractivity contribution in [1.29, 1.82) is 0 Å². The van der Waals surface area contributed by atoms with Gasteiger partial charge in [-0.3, -0.25) is 14.2 Å². The minimum atomic E-state index is -0.390. The van der Waals surface area contributed by atoms with Gasteiger partial charge in [0.1, 0.15) is 11.4 Å². The number of hydrazone groups is 1. The van der Waals surface area contributed by atoms with Crippen LogP contribution in [-0.4, -0.2) is 21.7 Å². The lowest BCUT2D eigenvalue weighted by Crippen LogP contribution is -2.30. The largest absolute Gasteiger partial charge is 0.289 e. The van der Waals surface area contributed by atoms with Gasteiger partial charge >= 0.3 is 0 Å². The maximum atomic E-state index is 12.9. The Bertz CT molecular complexity index is 1130. The number of benzene rings is 1. The van der Waals surface area contributed by atoms with Gasteiger partial charge in [0, 0.05) is 9.90 Å². The third-order valence-corrected chi connectivity index (χ3v) is 6.25. The average molecular weight is 415 g/mol. The Morgan fingerprint density at radius 2 is 2.36 bits per heavy atom. The fourth-order valence-electron chi connectivity index (χ4n) is 3.43. The molecular formula is C20H19ClN4O2S. The van der Waals surface area contributed by atoms with E-state index in [0.717, 1.165) is 35.2 Å². The number of amides is 1. The maximum absolute atomic E-state index is 12.9. The van der Waals surface area contributed by atoms with Gasteiger partial charge in [-0.05, 0) is 48.4 Å². The molecule has 3 aromatic rings. The summed E-state index contributed by atoms with van der Waals surface area (Å²) >= 11 is 7.51. The molecule has 1 atom stereocenters. The summed E-state index contributed by atoms with van der Waals surface area (Å²) in [5.74, 6) is 0.241. The smallest absolute Gasteiger partial charge is 0.262 e. The van der Waals surface area contributed by atoms with Gasteiger partial charge in [-0.15, -0.1) is 11.3 Å². The number of rotatable bonds is 4. The molecule has 0 radical (unpaired) electrons. The number of carbonyl (C=O) groups excluding carboxylic acids is 1. The van der Waals surface area contributed by atoms with E-state index in [2.05, 4.69) is 22.4 Å². The van der Waals surface area contributed by atoms with Gasteiger partial charge in [-0.2, -0.15) is 5.10 Å². The fraction of sp³-hybridized carbons (Fsp3) is 0.300. The van der Waals surface area contributed by atoms with Gasteiger partial charge < -0.3 is 0 Å². The summed E-state index contributed by atoms with van der Waals surface area (Å²) in [6.07, 6.45) is 5.91. The molecular weight excluding hydrogens is 396 g/mol. The Balaban J connectivity index is 1.51. The first-order valence-electron chi connectivity index (χ1n) is 9.08. The van der Waals surface area contributed by atoms with E-state index in [-0.39, 0.29) is 18.0 Å². The molecule has 144 valence electrons. The van der Waals surface area contributed by atoms with E-state index < -0.39 is 0 Å². The molecule has 1 N–H and O–H groups in total. The predicted molar refractivity (Wildman–Crippen MR) is 112 cm³/mol. The molecule has 1 aliphatic carbocycles. The van der Waals surface area contributed by atoms with Gasteiger partial charge in [0.2, 0.25) is 0 Å². The number of thiophene rings is 1. The third kappa shape index (κ3) is 3.86. The lowest BCUT2D eigenvalue weighted by atomic mass is 9.89. The summed E-state index contributed by atoms with van der Waals surface area (Å²) in [5, 5.41) is 5.19. The van der Waals surface area contributed by atoms with Gasteiger partial charge in [-0.25, -0.2) is 10.4 Å². The average Bonchev–Trinajstić information content (AvgIpc) is 3.02. The number of hydrogen-bond donors (Lipinski definition) is 1. The molecule has 8 heteroatoms. The second-order valence-electron chi connectivity index (χ2n) is 7.06. The summed E-state index contributed by atoms with van der Waals surface area (Å²) in [6, 6.07) is 7.12. The van der Waals surface area contributed by atoms with Crippen LogP contribution < -0.4 is 11.0 Å². The Morgan fingerprint density at radius 3 is 3.18 bits per heavy atom. The molecule has 0 fully saturated rings. The molecule has 2 heterocycles. The van der Waals surface area contributed by atoms with Crippen molar-refractivity contribution in [2.45, 2.75) is 32.7 Å². The Morgan fingerprint density at radius 1 is 1.50 bits per heavy atom. The second-order valence-corrected chi connectivity index (χ2v) is 8.58. The normalized spacial score (nSPS) is 16.4. The van der Waals surface area contributed by atoms with Crippen LogP contribution in [0.1, 0.15) is 29.3 Å². The zero-order valence-corrected chi connectivity index (χ0v) is 16.9. The molecule has 0 bridgehead atoms. The lowest BCUT2D eigenvalue weighted by Gasteiger charge is -2.17. The number of halogens is 1. The van der Waals surface area contributed by atoms with E-state index in [0.29, 0.717) is 16.3 Å². The number of nitrogens with zero attached hydrogens (tertiary/aromatic N) is 3. The first-order chi connectivity index (χ1) is 13.5. The van der Waals surface area contributed by atoms with Crippen molar-refractivity contribution in [1.82, 2.24) is 15.0 Å². The summed E-state index contributed by atoms with van der Waals surface area (Å²) in [7, 11) is 0. The Labute approximate surface area is 170 Å². The van der Waals surface area contributed by atoms with Crippen LogP contribution in [0.15, 0.2) is 40.5 Å². The van der Waals surface area contributed by atoms with Gasteiger partial charge in [0.15, 0.2) is 0 Å². The highest BCUT2D eigenvalue weighted by molar-refractivity contribution is 7.18. The SMILES string of the molecule is C[C@H]1CCc2c(sc3ncn(CC(=O)NN=Cc4cccc(Cl)c4)c(=O)c23)C1. The van der Waals surface area contributed by atoms with Crippen LogP contribution in [0.25, 0.3) is 10.2 Å². The van der Waals surface area contributed by atoms with Crippen molar-refractivity contribution in [2.24, 2.45) is 11.0 Å². The number of fused-ring (bicyclic) bond motifs is 3. The number of aromatic nitrogens is 2.